The molecule has 1 unspecified atom stereocenters. The fraction of sp³-hybridized carbons (Fsp3) is 0.421. The summed E-state index contributed by atoms with van der Waals surface area (Å²) in [5.74, 6) is 0.326. The maximum Gasteiger partial charge on any atom is 0.268 e. The Hall–Kier alpha value is -2.34. The van der Waals surface area contributed by atoms with E-state index in [1.165, 1.54) is 4.68 Å². The molecule has 0 aliphatic carbocycles. The molecule has 1 saturated heterocycles. The molecule has 138 valence electrons. The number of carbonyl (C=O) groups is 1. The first-order valence-corrected chi connectivity index (χ1v) is 9.18. The van der Waals surface area contributed by atoms with E-state index in [0.29, 0.717) is 18.0 Å². The highest BCUT2D eigenvalue weighted by molar-refractivity contribution is 6.30. The lowest BCUT2D eigenvalue weighted by Crippen LogP contribution is -2.38. The first-order valence-electron chi connectivity index (χ1n) is 8.81. The number of amides is 1. The van der Waals surface area contributed by atoms with Crippen molar-refractivity contribution >= 4 is 23.2 Å². The van der Waals surface area contributed by atoms with Crippen LogP contribution in [0.2, 0.25) is 5.02 Å². The lowest BCUT2D eigenvalue weighted by atomic mass is 9.94. The number of rotatable bonds is 5. The van der Waals surface area contributed by atoms with Crippen molar-refractivity contribution in [2.75, 3.05) is 18.0 Å². The van der Waals surface area contributed by atoms with E-state index in [2.05, 4.69) is 15.3 Å². The van der Waals surface area contributed by atoms with Gasteiger partial charge in [-0.25, -0.2) is 4.68 Å². The van der Waals surface area contributed by atoms with Gasteiger partial charge in [0.15, 0.2) is 0 Å². The molecule has 2 heterocycles. The summed E-state index contributed by atoms with van der Waals surface area (Å²) >= 11 is 5.87. The Morgan fingerprint density at radius 2 is 2.12 bits per heavy atom. The first-order chi connectivity index (χ1) is 12.5. The number of anilines is 1. The molecule has 1 aliphatic heterocycles. The molecule has 26 heavy (non-hydrogen) atoms. The van der Waals surface area contributed by atoms with Crippen molar-refractivity contribution in [1.29, 1.82) is 0 Å². The third-order valence-corrected chi connectivity index (χ3v) is 4.97. The zero-order valence-electron chi connectivity index (χ0n) is 14.8. The van der Waals surface area contributed by atoms with Gasteiger partial charge in [0.25, 0.3) is 5.56 Å². The third kappa shape index (κ3) is 4.85. The van der Waals surface area contributed by atoms with Crippen LogP contribution in [-0.4, -0.2) is 28.8 Å². The Morgan fingerprint density at radius 1 is 1.35 bits per heavy atom. The Kier molecular flexibility index (Phi) is 5.93. The largest absolute Gasteiger partial charge is 0.370 e. The van der Waals surface area contributed by atoms with Crippen LogP contribution in [0.4, 0.5) is 5.69 Å². The molecule has 1 atom stereocenters. The topological polar surface area (TPSA) is 67.2 Å². The van der Waals surface area contributed by atoms with Gasteiger partial charge in [-0.3, -0.25) is 9.59 Å². The summed E-state index contributed by atoms with van der Waals surface area (Å²) < 4.78 is 1.31. The number of aryl methyl sites for hydroxylation is 1. The number of halogens is 1. The van der Waals surface area contributed by atoms with Crippen LogP contribution in [0.3, 0.4) is 0 Å². The lowest BCUT2D eigenvalue weighted by molar-refractivity contribution is -0.122. The summed E-state index contributed by atoms with van der Waals surface area (Å²) in [6.45, 7) is 2.16. The van der Waals surface area contributed by atoms with Crippen molar-refractivity contribution < 1.29 is 4.79 Å². The van der Waals surface area contributed by atoms with Crippen molar-refractivity contribution in [3.63, 3.8) is 0 Å². The SMILES string of the molecule is Cn1ncc(N2CCCC(CC(=O)NCc3ccc(Cl)cc3)C2)cc1=O. The minimum atomic E-state index is -0.120. The van der Waals surface area contributed by atoms with E-state index in [0.717, 1.165) is 37.2 Å². The quantitative estimate of drug-likeness (QED) is 0.872. The van der Waals surface area contributed by atoms with E-state index in [1.54, 1.807) is 19.3 Å². The van der Waals surface area contributed by atoms with E-state index < -0.39 is 0 Å². The zero-order valence-corrected chi connectivity index (χ0v) is 15.6. The number of piperidine rings is 1. The number of benzene rings is 1. The summed E-state index contributed by atoms with van der Waals surface area (Å²) in [6, 6.07) is 9.07. The Bertz CT molecular complexity index is 819. The van der Waals surface area contributed by atoms with Gasteiger partial charge >= 0.3 is 0 Å². The van der Waals surface area contributed by atoms with Crippen molar-refractivity contribution in [3.8, 4) is 0 Å². The monoisotopic (exact) mass is 374 g/mol. The van der Waals surface area contributed by atoms with E-state index in [9.17, 15) is 9.59 Å². The number of hydrogen-bond donors (Lipinski definition) is 1. The normalized spacial score (nSPS) is 17.2. The van der Waals surface area contributed by atoms with Gasteiger partial charge in [0.05, 0.1) is 11.9 Å². The Labute approximate surface area is 157 Å². The van der Waals surface area contributed by atoms with Crippen LogP contribution in [0.1, 0.15) is 24.8 Å². The third-order valence-electron chi connectivity index (χ3n) is 4.71. The van der Waals surface area contributed by atoms with Crippen LogP contribution in [0.15, 0.2) is 41.3 Å². The average Bonchev–Trinajstić information content (AvgIpc) is 2.64. The molecular formula is C19H23ClN4O2. The van der Waals surface area contributed by atoms with Gasteiger partial charge in [0, 0.05) is 44.2 Å². The number of nitrogens with one attached hydrogen (secondary N) is 1. The van der Waals surface area contributed by atoms with Crippen LogP contribution in [0, 0.1) is 5.92 Å². The number of aromatic nitrogens is 2. The highest BCUT2D eigenvalue weighted by Crippen LogP contribution is 2.23. The maximum atomic E-state index is 12.3. The molecule has 1 aliphatic rings. The summed E-state index contributed by atoms with van der Waals surface area (Å²) in [5, 5.41) is 7.74. The lowest BCUT2D eigenvalue weighted by Gasteiger charge is -2.33. The van der Waals surface area contributed by atoms with Gasteiger partial charge in [-0.1, -0.05) is 23.7 Å². The van der Waals surface area contributed by atoms with Crippen molar-refractivity contribution in [2.24, 2.45) is 13.0 Å². The highest BCUT2D eigenvalue weighted by Gasteiger charge is 2.23. The van der Waals surface area contributed by atoms with Gasteiger partial charge in [0.2, 0.25) is 5.91 Å². The Balaban J connectivity index is 1.52. The van der Waals surface area contributed by atoms with E-state index in [-0.39, 0.29) is 17.4 Å². The molecule has 0 radical (unpaired) electrons. The second kappa shape index (κ2) is 8.36. The fourth-order valence-corrected chi connectivity index (χ4v) is 3.36. The highest BCUT2D eigenvalue weighted by atomic mass is 35.5. The van der Waals surface area contributed by atoms with Gasteiger partial charge in [-0.2, -0.15) is 5.10 Å². The second-order valence-corrected chi connectivity index (χ2v) is 7.17. The van der Waals surface area contributed by atoms with Crippen LogP contribution in [-0.2, 0) is 18.4 Å². The zero-order chi connectivity index (χ0) is 18.5. The van der Waals surface area contributed by atoms with Crippen LogP contribution in [0.5, 0.6) is 0 Å². The molecule has 0 saturated carbocycles. The second-order valence-electron chi connectivity index (χ2n) is 6.74. The molecular weight excluding hydrogens is 352 g/mol. The molecule has 0 spiro atoms. The van der Waals surface area contributed by atoms with Gasteiger partial charge in [-0.05, 0) is 36.5 Å². The minimum Gasteiger partial charge on any atom is -0.370 e. The van der Waals surface area contributed by atoms with Crippen LogP contribution >= 0.6 is 11.6 Å². The Morgan fingerprint density at radius 3 is 2.85 bits per heavy atom. The maximum absolute atomic E-state index is 12.3. The molecule has 6 nitrogen and oxygen atoms in total. The molecule has 1 N–H and O–H groups in total. The number of carbonyl (C=O) groups excluding carboxylic acids is 1. The summed E-state index contributed by atoms with van der Waals surface area (Å²) in [5.41, 5.74) is 1.74. The van der Waals surface area contributed by atoms with Crippen molar-refractivity contribution in [3.05, 3.63) is 57.5 Å². The molecule has 2 aromatic rings. The molecule has 3 rings (SSSR count). The van der Waals surface area contributed by atoms with Crippen LogP contribution in [0.25, 0.3) is 0 Å². The summed E-state index contributed by atoms with van der Waals surface area (Å²) in [7, 11) is 1.64. The molecule has 1 fully saturated rings. The minimum absolute atomic E-state index is 0.0499. The summed E-state index contributed by atoms with van der Waals surface area (Å²) in [6.07, 6.45) is 4.22. The number of nitrogens with zero attached hydrogens (tertiary/aromatic N) is 3. The smallest absolute Gasteiger partial charge is 0.268 e. The first kappa shape index (κ1) is 18.5. The van der Waals surface area contributed by atoms with E-state index in [1.807, 2.05) is 24.3 Å². The number of hydrogen-bond acceptors (Lipinski definition) is 4. The molecule has 0 bridgehead atoms. The predicted octanol–water partition coefficient (Wildman–Crippen LogP) is 2.36. The molecule has 1 aromatic heterocycles. The van der Waals surface area contributed by atoms with E-state index >= 15 is 0 Å². The predicted molar refractivity (Wildman–Crippen MR) is 102 cm³/mol. The van der Waals surface area contributed by atoms with Crippen molar-refractivity contribution in [2.45, 2.75) is 25.8 Å². The molecule has 1 aromatic carbocycles. The fourth-order valence-electron chi connectivity index (χ4n) is 3.24. The standard InChI is InChI=1S/C19H23ClN4O2/c1-23-19(26)10-17(12-22-23)24-8-2-3-15(13-24)9-18(25)21-11-14-4-6-16(20)7-5-14/h4-7,10,12,15H,2-3,8-9,11,13H2,1H3,(H,21,25). The van der Waals surface area contributed by atoms with Gasteiger partial charge < -0.3 is 10.2 Å². The van der Waals surface area contributed by atoms with Gasteiger partial charge in [-0.15, -0.1) is 0 Å². The average molecular weight is 375 g/mol. The van der Waals surface area contributed by atoms with E-state index in [4.69, 9.17) is 11.6 Å². The van der Waals surface area contributed by atoms with Gasteiger partial charge in [0.1, 0.15) is 0 Å². The van der Waals surface area contributed by atoms with Crippen molar-refractivity contribution in [1.82, 2.24) is 15.1 Å². The van der Waals surface area contributed by atoms with Crippen LogP contribution < -0.4 is 15.8 Å². The molecule has 1 amide bonds. The summed E-state index contributed by atoms with van der Waals surface area (Å²) in [4.78, 5) is 26.2. The molecule has 7 heteroatoms.